The van der Waals surface area contributed by atoms with Gasteiger partial charge in [-0.3, -0.25) is 0 Å². The Labute approximate surface area is 187 Å². The molecule has 2 heterocycles. The average Bonchev–Trinajstić information content (AvgIpc) is 2.83. The molecule has 2 amide bonds. The monoisotopic (exact) mass is 456 g/mol. The van der Waals surface area contributed by atoms with Crippen LogP contribution in [-0.2, 0) is 33.3 Å². The van der Waals surface area contributed by atoms with Crippen molar-refractivity contribution in [3.63, 3.8) is 0 Å². The highest BCUT2D eigenvalue weighted by Gasteiger charge is 2.18. The maximum Gasteiger partial charge on any atom is 0.409 e. The topological polar surface area (TPSA) is 121 Å². The molecule has 0 atom stereocenters. The summed E-state index contributed by atoms with van der Waals surface area (Å²) in [6, 6.07) is 0. The summed E-state index contributed by atoms with van der Waals surface area (Å²) in [5.74, 6) is -1.39. The molecule has 0 aromatic heterocycles. The predicted molar refractivity (Wildman–Crippen MR) is 111 cm³/mol. The lowest BCUT2D eigenvalue weighted by molar-refractivity contribution is -0.140. The molecule has 0 N–H and O–H groups in total. The number of piperidine rings is 1. The van der Waals surface area contributed by atoms with E-state index in [4.69, 9.17) is 23.7 Å². The second-order valence-corrected chi connectivity index (χ2v) is 7.25. The predicted octanol–water partition coefficient (Wildman–Crippen LogP) is 1.50. The maximum atomic E-state index is 11.8. The number of nitrogens with zero attached hydrogens (tertiary/aromatic N) is 2. The van der Waals surface area contributed by atoms with Crippen molar-refractivity contribution in [1.82, 2.24) is 9.80 Å². The van der Waals surface area contributed by atoms with Crippen molar-refractivity contribution in [2.45, 2.75) is 32.1 Å². The van der Waals surface area contributed by atoms with Crippen LogP contribution in [-0.4, -0.2) is 99.7 Å². The molecule has 0 aliphatic carbocycles. The fourth-order valence-corrected chi connectivity index (χ4v) is 3.02. The minimum atomic E-state index is -0.697. The van der Waals surface area contributed by atoms with Crippen molar-refractivity contribution >= 4 is 24.1 Å². The van der Waals surface area contributed by atoms with Crippen molar-refractivity contribution in [1.29, 1.82) is 0 Å². The van der Waals surface area contributed by atoms with Gasteiger partial charge in [-0.15, -0.1) is 0 Å². The van der Waals surface area contributed by atoms with Gasteiger partial charge in [0.25, 0.3) is 0 Å². The largest absolute Gasteiger partial charge is 0.462 e. The average molecular weight is 456 g/mol. The Hall–Kier alpha value is -2.82. The fraction of sp³-hybridized carbons (Fsp3) is 0.714. The van der Waals surface area contributed by atoms with E-state index in [1.165, 1.54) is 0 Å². The van der Waals surface area contributed by atoms with Gasteiger partial charge in [-0.1, -0.05) is 0 Å². The van der Waals surface area contributed by atoms with E-state index in [1.54, 1.807) is 9.80 Å². The van der Waals surface area contributed by atoms with Crippen molar-refractivity contribution in [3.05, 3.63) is 12.2 Å². The number of hydrogen-bond acceptors (Lipinski definition) is 9. The molecule has 180 valence electrons. The van der Waals surface area contributed by atoms with Gasteiger partial charge in [-0.05, 0) is 19.3 Å². The highest BCUT2D eigenvalue weighted by molar-refractivity contribution is 5.91. The molecule has 11 heteroatoms. The Balaban J connectivity index is 1.44. The zero-order valence-corrected chi connectivity index (χ0v) is 18.3. The van der Waals surface area contributed by atoms with E-state index in [1.807, 2.05) is 0 Å². The number of amides is 2. The molecule has 2 aliphatic rings. The van der Waals surface area contributed by atoms with Gasteiger partial charge in [0.05, 0.1) is 39.6 Å². The minimum absolute atomic E-state index is 0.0526. The summed E-state index contributed by atoms with van der Waals surface area (Å²) < 4.78 is 25.2. The molecular formula is C21H32N2O9. The first-order valence-corrected chi connectivity index (χ1v) is 11.0. The van der Waals surface area contributed by atoms with Crippen LogP contribution < -0.4 is 0 Å². The molecule has 0 unspecified atom stereocenters. The normalized spacial score (nSPS) is 16.5. The molecule has 32 heavy (non-hydrogen) atoms. The Morgan fingerprint density at radius 3 is 1.56 bits per heavy atom. The number of hydrogen-bond donors (Lipinski definition) is 0. The first kappa shape index (κ1) is 25.4. The first-order chi connectivity index (χ1) is 15.6. The van der Waals surface area contributed by atoms with Gasteiger partial charge in [0, 0.05) is 51.2 Å². The van der Waals surface area contributed by atoms with Crippen molar-refractivity contribution in [3.8, 4) is 0 Å². The number of ether oxygens (including phenoxy) is 5. The van der Waals surface area contributed by atoms with Crippen LogP contribution in [0, 0.1) is 0 Å². The van der Waals surface area contributed by atoms with E-state index >= 15 is 0 Å². The lowest BCUT2D eigenvalue weighted by atomic mass is 10.1. The van der Waals surface area contributed by atoms with Crippen LogP contribution in [0.2, 0.25) is 0 Å². The van der Waals surface area contributed by atoms with Gasteiger partial charge in [-0.2, -0.15) is 0 Å². The second-order valence-electron chi connectivity index (χ2n) is 7.25. The molecule has 0 aromatic rings. The summed E-state index contributed by atoms with van der Waals surface area (Å²) in [5.41, 5.74) is 0. The van der Waals surface area contributed by atoms with E-state index in [9.17, 15) is 19.2 Å². The lowest BCUT2D eigenvalue weighted by Gasteiger charge is -2.25. The van der Waals surface area contributed by atoms with Crippen LogP contribution in [0.5, 0.6) is 0 Å². The van der Waals surface area contributed by atoms with Gasteiger partial charge < -0.3 is 33.5 Å². The quantitative estimate of drug-likeness (QED) is 0.208. The standard InChI is InChI=1S/C21H32N2O9/c24-18(29-12-4-14-31-20(26)22-8-2-1-3-9-22)6-7-19(25)30-13-5-15-32-21(27)23-10-16-28-17-11-23/h6-7H,1-5,8-17H2/b7-6+. The summed E-state index contributed by atoms with van der Waals surface area (Å²) in [6.07, 6.45) is 5.01. The first-order valence-electron chi connectivity index (χ1n) is 11.0. The number of esters is 2. The molecule has 2 fully saturated rings. The van der Waals surface area contributed by atoms with Crippen molar-refractivity contribution in [2.75, 3.05) is 65.8 Å². The molecule has 2 rings (SSSR count). The van der Waals surface area contributed by atoms with Crippen molar-refractivity contribution in [2.24, 2.45) is 0 Å². The number of carbonyl (C=O) groups is 4. The molecule has 11 nitrogen and oxygen atoms in total. The van der Waals surface area contributed by atoms with E-state index in [0.29, 0.717) is 52.2 Å². The van der Waals surface area contributed by atoms with Gasteiger partial charge in [0.2, 0.25) is 0 Å². The van der Waals surface area contributed by atoms with Crippen LogP contribution in [0.4, 0.5) is 9.59 Å². The highest BCUT2D eigenvalue weighted by atomic mass is 16.6. The second kappa shape index (κ2) is 15.1. The van der Waals surface area contributed by atoms with E-state index < -0.39 is 18.0 Å². The fourth-order valence-electron chi connectivity index (χ4n) is 3.02. The van der Waals surface area contributed by atoms with Crippen LogP contribution in [0.3, 0.4) is 0 Å². The third-order valence-corrected chi connectivity index (χ3v) is 4.76. The molecule has 0 radical (unpaired) electrons. The summed E-state index contributed by atoms with van der Waals surface area (Å²) in [4.78, 5) is 50.0. The molecule has 0 bridgehead atoms. The van der Waals surface area contributed by atoms with E-state index in [0.717, 1.165) is 31.4 Å². The smallest absolute Gasteiger partial charge is 0.409 e. The zero-order valence-electron chi connectivity index (χ0n) is 18.3. The summed E-state index contributed by atoms with van der Waals surface area (Å²) in [7, 11) is 0. The van der Waals surface area contributed by atoms with Crippen LogP contribution in [0.25, 0.3) is 0 Å². The maximum absolute atomic E-state index is 11.8. The van der Waals surface area contributed by atoms with Gasteiger partial charge in [0.1, 0.15) is 0 Å². The number of morpholine rings is 1. The summed E-state index contributed by atoms with van der Waals surface area (Å²) in [6.45, 7) is 3.82. The minimum Gasteiger partial charge on any atom is -0.462 e. The zero-order chi connectivity index (χ0) is 23.0. The van der Waals surface area contributed by atoms with Gasteiger partial charge in [-0.25, -0.2) is 19.2 Å². The lowest BCUT2D eigenvalue weighted by Crippen LogP contribution is -2.41. The van der Waals surface area contributed by atoms with Crippen LogP contribution in [0.1, 0.15) is 32.1 Å². The SMILES string of the molecule is O=C(/C=C/C(=O)OCCCOC(=O)N1CCOCC1)OCCCOC(=O)N1CCCCC1. The van der Waals surface area contributed by atoms with Crippen LogP contribution >= 0.6 is 0 Å². The Morgan fingerprint density at radius 1 is 0.625 bits per heavy atom. The molecule has 0 aromatic carbocycles. The van der Waals surface area contributed by atoms with Gasteiger partial charge >= 0.3 is 24.1 Å². The molecule has 2 saturated heterocycles. The number of likely N-dealkylation sites (tertiary alicyclic amines) is 1. The summed E-state index contributed by atoms with van der Waals surface area (Å²) >= 11 is 0. The van der Waals surface area contributed by atoms with Crippen molar-refractivity contribution < 1.29 is 42.9 Å². The molecule has 0 spiro atoms. The summed E-state index contributed by atoms with van der Waals surface area (Å²) in [5, 5.41) is 0. The number of carbonyl (C=O) groups excluding carboxylic acids is 4. The van der Waals surface area contributed by atoms with Crippen LogP contribution in [0.15, 0.2) is 12.2 Å². The molecule has 0 saturated carbocycles. The third kappa shape index (κ3) is 10.5. The van der Waals surface area contributed by atoms with Gasteiger partial charge in [0.15, 0.2) is 0 Å². The third-order valence-electron chi connectivity index (χ3n) is 4.76. The molecule has 2 aliphatic heterocycles. The molecular weight excluding hydrogens is 424 g/mol. The Kier molecular flexibility index (Phi) is 12.0. The highest BCUT2D eigenvalue weighted by Crippen LogP contribution is 2.09. The Bertz CT molecular complexity index is 587. The van der Waals surface area contributed by atoms with E-state index in [-0.39, 0.29) is 32.5 Å². The Morgan fingerprint density at radius 2 is 1.06 bits per heavy atom. The number of rotatable bonds is 10. The van der Waals surface area contributed by atoms with E-state index in [2.05, 4.69) is 0 Å².